The number of hydrogen-bond acceptors (Lipinski definition) is 6. The molecule has 22 heavy (non-hydrogen) atoms. The molecule has 6 heteroatoms. The molecule has 0 unspecified atom stereocenters. The molecule has 1 heterocycles. The van der Waals surface area contributed by atoms with Gasteiger partial charge in [-0.1, -0.05) is 12.1 Å². The molecule has 3 rings (SSSR count). The van der Waals surface area contributed by atoms with Crippen molar-refractivity contribution in [3.63, 3.8) is 0 Å². The highest BCUT2D eigenvalue weighted by Gasteiger charge is 2.36. The maximum Gasteiger partial charge on any atom is 0.344 e. The minimum atomic E-state index is -0.699. The van der Waals surface area contributed by atoms with E-state index in [1.807, 2.05) is 0 Å². The molecule has 0 radical (unpaired) electrons. The van der Waals surface area contributed by atoms with Crippen molar-refractivity contribution in [1.82, 2.24) is 0 Å². The van der Waals surface area contributed by atoms with Crippen molar-refractivity contribution in [2.45, 2.75) is 6.23 Å². The summed E-state index contributed by atoms with van der Waals surface area (Å²) in [5.74, 6) is 0.374. The molecule has 0 saturated carbocycles. The number of ether oxygens (including phenoxy) is 3. The number of aromatic hydroxyl groups is 1. The van der Waals surface area contributed by atoms with E-state index in [0.717, 1.165) is 0 Å². The Morgan fingerprint density at radius 1 is 1.14 bits per heavy atom. The van der Waals surface area contributed by atoms with E-state index in [9.17, 15) is 9.90 Å². The highest BCUT2D eigenvalue weighted by molar-refractivity contribution is 5.98. The van der Waals surface area contributed by atoms with Crippen molar-refractivity contribution in [3.8, 4) is 17.2 Å². The van der Waals surface area contributed by atoms with E-state index in [1.165, 1.54) is 14.2 Å². The van der Waals surface area contributed by atoms with Gasteiger partial charge in [-0.25, -0.2) is 4.79 Å². The number of nitrogens with one attached hydrogen (secondary N) is 1. The van der Waals surface area contributed by atoms with E-state index >= 15 is 0 Å². The first-order valence-electron chi connectivity index (χ1n) is 6.66. The first kappa shape index (κ1) is 14.1. The summed E-state index contributed by atoms with van der Waals surface area (Å²) in [5, 5.41) is 12.8. The second-order valence-corrected chi connectivity index (χ2v) is 4.71. The lowest BCUT2D eigenvalue weighted by atomic mass is 10.1. The Hall–Kier alpha value is -2.89. The molecule has 0 aromatic heterocycles. The van der Waals surface area contributed by atoms with Gasteiger partial charge in [-0.2, -0.15) is 0 Å². The van der Waals surface area contributed by atoms with E-state index in [4.69, 9.17) is 14.2 Å². The van der Waals surface area contributed by atoms with Gasteiger partial charge in [0.05, 0.1) is 19.9 Å². The fourth-order valence-electron chi connectivity index (χ4n) is 2.44. The van der Waals surface area contributed by atoms with Gasteiger partial charge in [0, 0.05) is 5.56 Å². The fraction of sp³-hybridized carbons (Fsp3) is 0.188. The smallest absolute Gasteiger partial charge is 0.344 e. The number of cyclic esters (lactones) is 1. The van der Waals surface area contributed by atoms with E-state index in [-0.39, 0.29) is 5.75 Å². The van der Waals surface area contributed by atoms with Gasteiger partial charge >= 0.3 is 5.97 Å². The van der Waals surface area contributed by atoms with Crippen LogP contribution in [0, 0.1) is 0 Å². The molecule has 2 N–H and O–H groups in total. The standard InChI is InChI=1S/C16H15NO5/c1-20-12-8-7-9-13(14(12)21-2)16(19)22-15(9)17-10-5-3-4-6-11(10)18/h3-8,15,17-18H,1-2H3/t15-/m0/s1. The predicted molar refractivity (Wildman–Crippen MR) is 79.4 cm³/mol. The van der Waals surface area contributed by atoms with Crippen molar-refractivity contribution < 1.29 is 24.1 Å². The number of phenols is 1. The summed E-state index contributed by atoms with van der Waals surface area (Å²) in [6.45, 7) is 0. The Balaban J connectivity index is 2.00. The van der Waals surface area contributed by atoms with Gasteiger partial charge in [-0.3, -0.25) is 0 Å². The third-order valence-corrected chi connectivity index (χ3v) is 3.48. The number of anilines is 1. The van der Waals surface area contributed by atoms with Crippen LogP contribution in [0.4, 0.5) is 5.69 Å². The van der Waals surface area contributed by atoms with Crippen LogP contribution in [0.2, 0.25) is 0 Å². The van der Waals surface area contributed by atoms with Crippen LogP contribution in [0.3, 0.4) is 0 Å². The SMILES string of the molecule is COc1ccc2c(c1OC)C(=O)O[C@@H]2Nc1ccccc1O. The lowest BCUT2D eigenvalue weighted by molar-refractivity contribution is 0.0434. The molecule has 0 aliphatic carbocycles. The highest BCUT2D eigenvalue weighted by Crippen LogP contribution is 2.42. The third kappa shape index (κ3) is 2.18. The minimum Gasteiger partial charge on any atom is -0.506 e. The molecule has 6 nitrogen and oxygen atoms in total. The second kappa shape index (κ2) is 5.48. The first-order valence-corrected chi connectivity index (χ1v) is 6.66. The van der Waals surface area contributed by atoms with Crippen LogP contribution in [0.1, 0.15) is 22.1 Å². The molecule has 0 amide bonds. The van der Waals surface area contributed by atoms with Crippen LogP contribution < -0.4 is 14.8 Å². The molecule has 1 atom stereocenters. The summed E-state index contributed by atoms with van der Waals surface area (Å²) >= 11 is 0. The Morgan fingerprint density at radius 2 is 1.91 bits per heavy atom. The zero-order valence-corrected chi connectivity index (χ0v) is 12.1. The van der Waals surface area contributed by atoms with Crippen LogP contribution in [-0.2, 0) is 4.74 Å². The Bertz CT molecular complexity index is 728. The van der Waals surface area contributed by atoms with E-state index < -0.39 is 12.2 Å². The normalized spacial score (nSPS) is 15.9. The van der Waals surface area contributed by atoms with E-state index in [1.54, 1.807) is 36.4 Å². The number of phenolic OH excluding ortho intramolecular Hbond substituents is 1. The van der Waals surface area contributed by atoms with Crippen LogP contribution in [0.25, 0.3) is 0 Å². The van der Waals surface area contributed by atoms with Gasteiger partial charge in [0.1, 0.15) is 11.3 Å². The zero-order chi connectivity index (χ0) is 15.7. The molecule has 0 bridgehead atoms. The average Bonchev–Trinajstić information content (AvgIpc) is 2.85. The fourth-order valence-corrected chi connectivity index (χ4v) is 2.44. The summed E-state index contributed by atoms with van der Waals surface area (Å²) < 4.78 is 15.8. The first-order chi connectivity index (χ1) is 10.7. The summed E-state index contributed by atoms with van der Waals surface area (Å²) in [6.07, 6.45) is -0.699. The number of rotatable bonds is 4. The Labute approximate surface area is 127 Å². The van der Waals surface area contributed by atoms with Gasteiger partial charge in [-0.05, 0) is 24.3 Å². The quantitative estimate of drug-likeness (QED) is 0.668. The van der Waals surface area contributed by atoms with Gasteiger partial charge in [-0.15, -0.1) is 0 Å². The number of hydrogen-bond donors (Lipinski definition) is 2. The monoisotopic (exact) mass is 301 g/mol. The van der Waals surface area contributed by atoms with Crippen LogP contribution >= 0.6 is 0 Å². The molecule has 0 fully saturated rings. The third-order valence-electron chi connectivity index (χ3n) is 3.48. The lowest BCUT2D eigenvalue weighted by Gasteiger charge is -2.15. The molecule has 2 aromatic carbocycles. The molecule has 1 aliphatic rings. The topological polar surface area (TPSA) is 77.0 Å². The molecular formula is C16H15NO5. The lowest BCUT2D eigenvalue weighted by Crippen LogP contribution is -2.10. The van der Waals surface area contributed by atoms with Crippen molar-refractivity contribution in [2.24, 2.45) is 0 Å². The summed E-state index contributed by atoms with van der Waals surface area (Å²) in [7, 11) is 2.97. The largest absolute Gasteiger partial charge is 0.506 e. The number of fused-ring (bicyclic) bond motifs is 1. The summed E-state index contributed by atoms with van der Waals surface area (Å²) in [6, 6.07) is 10.2. The van der Waals surface area contributed by atoms with Crippen molar-refractivity contribution in [3.05, 3.63) is 47.5 Å². The molecule has 0 saturated heterocycles. The Morgan fingerprint density at radius 3 is 2.59 bits per heavy atom. The Kier molecular flexibility index (Phi) is 3.50. The van der Waals surface area contributed by atoms with Crippen molar-refractivity contribution in [2.75, 3.05) is 19.5 Å². The van der Waals surface area contributed by atoms with E-state index in [0.29, 0.717) is 28.3 Å². The summed E-state index contributed by atoms with van der Waals surface area (Å²) in [5.41, 5.74) is 1.43. The molecule has 2 aromatic rings. The molecule has 1 aliphatic heterocycles. The van der Waals surface area contributed by atoms with Gasteiger partial charge in [0.15, 0.2) is 11.5 Å². The van der Waals surface area contributed by atoms with Crippen molar-refractivity contribution in [1.29, 1.82) is 0 Å². The number of carbonyl (C=O) groups excluding carboxylic acids is 1. The van der Waals surface area contributed by atoms with Crippen molar-refractivity contribution >= 4 is 11.7 Å². The van der Waals surface area contributed by atoms with Gasteiger partial charge in [0.25, 0.3) is 0 Å². The predicted octanol–water partition coefficient (Wildman–Crippen LogP) is 2.69. The molecule has 114 valence electrons. The number of methoxy groups -OCH3 is 2. The number of carbonyl (C=O) groups is 1. The van der Waals surface area contributed by atoms with Crippen LogP contribution in [0.15, 0.2) is 36.4 Å². The number of benzene rings is 2. The molecular weight excluding hydrogens is 286 g/mol. The van der Waals surface area contributed by atoms with Gasteiger partial charge in [0.2, 0.25) is 6.23 Å². The second-order valence-electron chi connectivity index (χ2n) is 4.71. The maximum atomic E-state index is 12.1. The van der Waals surface area contributed by atoms with E-state index in [2.05, 4.69) is 5.32 Å². The van der Waals surface area contributed by atoms with Crippen LogP contribution in [0.5, 0.6) is 17.2 Å². The minimum absolute atomic E-state index is 0.0764. The summed E-state index contributed by atoms with van der Waals surface area (Å²) in [4.78, 5) is 12.1. The van der Waals surface area contributed by atoms with Gasteiger partial charge < -0.3 is 24.6 Å². The number of para-hydroxylation sites is 2. The zero-order valence-electron chi connectivity index (χ0n) is 12.1. The maximum absolute atomic E-state index is 12.1. The highest BCUT2D eigenvalue weighted by atomic mass is 16.6. The van der Waals surface area contributed by atoms with Crippen LogP contribution in [-0.4, -0.2) is 25.3 Å². The number of esters is 1. The molecule has 0 spiro atoms. The average molecular weight is 301 g/mol.